The van der Waals surface area contributed by atoms with Crippen LogP contribution in [0.25, 0.3) is 11.6 Å². The summed E-state index contributed by atoms with van der Waals surface area (Å²) in [5.41, 5.74) is 1.22. The molecule has 0 unspecified atom stereocenters. The molecule has 0 aliphatic heterocycles. The van der Waals surface area contributed by atoms with E-state index in [1.807, 2.05) is 4.57 Å². The number of aromatic nitrogens is 3. The van der Waals surface area contributed by atoms with Gasteiger partial charge >= 0.3 is 0 Å². The first kappa shape index (κ1) is 18.7. The number of carbonyl (C=O) groups excluding carboxylic acids is 2. The summed E-state index contributed by atoms with van der Waals surface area (Å²) in [6.07, 6.45) is 3.31. The Morgan fingerprint density at radius 2 is 2.04 bits per heavy atom. The normalized spacial score (nSPS) is 10.6. The fraction of sp³-hybridized carbons (Fsp3) is 0.158. The van der Waals surface area contributed by atoms with Gasteiger partial charge in [0.15, 0.2) is 16.7 Å². The predicted octanol–water partition coefficient (Wildman–Crippen LogP) is 3.66. The van der Waals surface area contributed by atoms with Crippen molar-refractivity contribution in [3.63, 3.8) is 0 Å². The molecule has 0 aliphatic rings. The Kier molecular flexibility index (Phi) is 5.87. The molecule has 1 amide bonds. The maximum Gasteiger partial charge on any atom is 0.221 e. The van der Waals surface area contributed by atoms with Crippen molar-refractivity contribution in [3.8, 4) is 11.6 Å². The summed E-state index contributed by atoms with van der Waals surface area (Å²) in [6, 6.07) is 10.4. The molecule has 7 nitrogen and oxygen atoms in total. The highest BCUT2D eigenvalue weighted by molar-refractivity contribution is 7.99. The maximum atomic E-state index is 12.5. The maximum absolute atomic E-state index is 12.5. The van der Waals surface area contributed by atoms with Crippen LogP contribution in [0.2, 0.25) is 0 Å². The van der Waals surface area contributed by atoms with Crippen LogP contribution in [0.5, 0.6) is 0 Å². The zero-order valence-electron chi connectivity index (χ0n) is 14.7. The number of Topliss-reactive ketones (excluding diaryl/α,β-unsaturated/α-hetero) is 1. The van der Waals surface area contributed by atoms with Crippen molar-refractivity contribution in [3.05, 3.63) is 60.9 Å². The third kappa shape index (κ3) is 4.53. The molecule has 2 heterocycles. The van der Waals surface area contributed by atoms with E-state index < -0.39 is 0 Å². The average Bonchev–Trinajstić information content (AvgIpc) is 3.30. The summed E-state index contributed by atoms with van der Waals surface area (Å²) in [5, 5.41) is 11.6. The fourth-order valence-corrected chi connectivity index (χ4v) is 3.28. The van der Waals surface area contributed by atoms with E-state index >= 15 is 0 Å². The molecule has 1 N–H and O–H groups in total. The number of carbonyl (C=O) groups is 2. The van der Waals surface area contributed by atoms with E-state index in [0.717, 1.165) is 0 Å². The highest BCUT2D eigenvalue weighted by atomic mass is 32.2. The number of anilines is 1. The van der Waals surface area contributed by atoms with Gasteiger partial charge in [0.05, 0.1) is 12.0 Å². The standard InChI is InChI=1S/C19H18N4O3S/c1-3-10-23-18(17-5-4-11-26-17)21-22-19(23)27-12-16(25)14-6-8-15(9-7-14)20-13(2)24/h3-9,11H,1,10,12H2,2H3,(H,20,24). The lowest BCUT2D eigenvalue weighted by Crippen LogP contribution is -2.07. The summed E-state index contributed by atoms with van der Waals surface area (Å²) < 4.78 is 7.24. The topological polar surface area (TPSA) is 90.0 Å². The zero-order chi connectivity index (χ0) is 19.2. The molecule has 3 aromatic rings. The Labute approximate surface area is 160 Å². The summed E-state index contributed by atoms with van der Waals surface area (Å²) in [4.78, 5) is 23.5. The molecular formula is C19H18N4O3S. The number of hydrogen-bond acceptors (Lipinski definition) is 6. The number of hydrogen-bond donors (Lipinski definition) is 1. The van der Waals surface area contributed by atoms with E-state index in [9.17, 15) is 9.59 Å². The average molecular weight is 382 g/mol. The molecule has 27 heavy (non-hydrogen) atoms. The van der Waals surface area contributed by atoms with Gasteiger partial charge < -0.3 is 9.73 Å². The number of rotatable bonds is 8. The molecule has 0 bridgehead atoms. The SMILES string of the molecule is C=CCn1c(SCC(=O)c2ccc(NC(C)=O)cc2)nnc1-c1ccco1. The Balaban J connectivity index is 1.70. The minimum Gasteiger partial charge on any atom is -0.461 e. The van der Waals surface area contributed by atoms with E-state index in [-0.39, 0.29) is 17.4 Å². The van der Waals surface area contributed by atoms with Gasteiger partial charge in [0.1, 0.15) is 0 Å². The Morgan fingerprint density at radius 1 is 1.26 bits per heavy atom. The van der Waals surface area contributed by atoms with Crippen LogP contribution in [-0.4, -0.2) is 32.2 Å². The molecule has 0 spiro atoms. The highest BCUT2D eigenvalue weighted by Gasteiger charge is 2.17. The van der Waals surface area contributed by atoms with Gasteiger partial charge in [0.25, 0.3) is 0 Å². The van der Waals surface area contributed by atoms with Crippen molar-refractivity contribution in [2.45, 2.75) is 18.6 Å². The predicted molar refractivity (Wildman–Crippen MR) is 104 cm³/mol. The van der Waals surface area contributed by atoms with Crippen LogP contribution < -0.4 is 5.32 Å². The third-order valence-corrected chi connectivity index (χ3v) is 4.60. The van der Waals surface area contributed by atoms with E-state index in [4.69, 9.17) is 4.42 Å². The summed E-state index contributed by atoms with van der Waals surface area (Å²) >= 11 is 1.30. The molecular weight excluding hydrogens is 364 g/mol. The van der Waals surface area contributed by atoms with Crippen LogP contribution in [0.4, 0.5) is 5.69 Å². The molecule has 3 rings (SSSR count). The van der Waals surface area contributed by atoms with Crippen molar-refractivity contribution in [1.82, 2.24) is 14.8 Å². The second-order valence-corrected chi connectivity index (χ2v) is 6.60. The number of furan rings is 1. The summed E-state index contributed by atoms with van der Waals surface area (Å²) in [6.45, 7) is 5.70. The van der Waals surface area contributed by atoms with Crippen LogP contribution in [0.3, 0.4) is 0 Å². The van der Waals surface area contributed by atoms with Gasteiger partial charge in [-0.1, -0.05) is 17.8 Å². The van der Waals surface area contributed by atoms with Gasteiger partial charge in [-0.2, -0.15) is 0 Å². The second kappa shape index (κ2) is 8.50. The minimum atomic E-state index is -0.154. The van der Waals surface area contributed by atoms with E-state index in [1.54, 1.807) is 48.7 Å². The summed E-state index contributed by atoms with van der Waals surface area (Å²) in [5.74, 6) is 1.22. The molecule has 0 saturated heterocycles. The largest absolute Gasteiger partial charge is 0.461 e. The van der Waals surface area contributed by atoms with Gasteiger partial charge in [0, 0.05) is 24.7 Å². The lowest BCUT2D eigenvalue weighted by molar-refractivity contribution is -0.114. The van der Waals surface area contributed by atoms with Crippen molar-refractivity contribution >= 4 is 29.1 Å². The van der Waals surface area contributed by atoms with Gasteiger partial charge in [0.2, 0.25) is 11.7 Å². The van der Waals surface area contributed by atoms with Gasteiger partial charge in [-0.15, -0.1) is 16.8 Å². The van der Waals surface area contributed by atoms with E-state index in [1.165, 1.54) is 18.7 Å². The van der Waals surface area contributed by atoms with Crippen LogP contribution in [0, 0.1) is 0 Å². The quantitative estimate of drug-likeness (QED) is 0.363. The Morgan fingerprint density at radius 3 is 2.67 bits per heavy atom. The molecule has 2 aromatic heterocycles. The number of nitrogens with zero attached hydrogens (tertiary/aromatic N) is 3. The zero-order valence-corrected chi connectivity index (χ0v) is 15.5. The van der Waals surface area contributed by atoms with Crippen LogP contribution >= 0.6 is 11.8 Å². The van der Waals surface area contributed by atoms with Crippen molar-refractivity contribution in [1.29, 1.82) is 0 Å². The smallest absolute Gasteiger partial charge is 0.221 e. The van der Waals surface area contributed by atoms with Crippen molar-refractivity contribution in [2.24, 2.45) is 0 Å². The monoisotopic (exact) mass is 382 g/mol. The third-order valence-electron chi connectivity index (χ3n) is 3.63. The van der Waals surface area contributed by atoms with Crippen LogP contribution in [0.1, 0.15) is 17.3 Å². The highest BCUT2D eigenvalue weighted by Crippen LogP contribution is 2.25. The molecule has 0 aliphatic carbocycles. The Hall–Kier alpha value is -3.13. The molecule has 1 aromatic carbocycles. The van der Waals surface area contributed by atoms with Crippen LogP contribution in [-0.2, 0) is 11.3 Å². The fourth-order valence-electron chi connectivity index (χ4n) is 2.43. The molecule has 8 heteroatoms. The number of nitrogens with one attached hydrogen (secondary N) is 1. The first-order valence-corrected chi connectivity index (χ1v) is 9.18. The van der Waals surface area contributed by atoms with Gasteiger partial charge in [-0.05, 0) is 36.4 Å². The molecule has 0 atom stereocenters. The number of thioether (sulfide) groups is 1. The Bertz CT molecular complexity index is 946. The van der Waals surface area contributed by atoms with Gasteiger partial charge in [-0.25, -0.2) is 0 Å². The molecule has 0 saturated carbocycles. The second-order valence-electron chi connectivity index (χ2n) is 5.65. The molecule has 138 valence electrons. The molecule has 0 fully saturated rings. The lowest BCUT2D eigenvalue weighted by Gasteiger charge is -2.06. The first-order valence-electron chi connectivity index (χ1n) is 8.20. The van der Waals surface area contributed by atoms with Crippen LogP contribution in [0.15, 0.2) is 64.9 Å². The first-order chi connectivity index (χ1) is 13.1. The number of benzene rings is 1. The number of allylic oxidation sites excluding steroid dienone is 1. The van der Waals surface area contributed by atoms with Crippen molar-refractivity contribution in [2.75, 3.05) is 11.1 Å². The van der Waals surface area contributed by atoms with Gasteiger partial charge in [-0.3, -0.25) is 14.2 Å². The molecule has 0 radical (unpaired) electrons. The van der Waals surface area contributed by atoms with E-state index in [2.05, 4.69) is 22.1 Å². The van der Waals surface area contributed by atoms with E-state index in [0.29, 0.717) is 34.5 Å². The number of ketones is 1. The van der Waals surface area contributed by atoms with Crippen molar-refractivity contribution < 1.29 is 14.0 Å². The number of amides is 1. The summed E-state index contributed by atoms with van der Waals surface area (Å²) in [7, 11) is 0. The minimum absolute atomic E-state index is 0.0397. The lowest BCUT2D eigenvalue weighted by atomic mass is 10.1.